The van der Waals surface area contributed by atoms with Crippen molar-refractivity contribution in [2.75, 3.05) is 13.2 Å². The molecule has 0 unspecified atom stereocenters. The number of allylic oxidation sites excluding steroid dienone is 2. The quantitative estimate of drug-likeness (QED) is 0.597. The minimum absolute atomic E-state index is 0.370. The summed E-state index contributed by atoms with van der Waals surface area (Å²) in [7, 11) is 0. The Morgan fingerprint density at radius 3 is 2.26 bits per heavy atom. The van der Waals surface area contributed by atoms with Crippen molar-refractivity contribution in [2.45, 2.75) is 11.8 Å². The molecule has 0 saturated heterocycles. The molecule has 5 heteroatoms. The molecule has 0 aliphatic carbocycles. The molecule has 3 rings (SSSR count). The van der Waals surface area contributed by atoms with Crippen LogP contribution in [0.5, 0.6) is 11.5 Å². The Morgan fingerprint density at radius 2 is 1.61 bits per heavy atom. The number of hydrogen-bond acceptors (Lipinski definition) is 5. The molecular formula is C18H18N2O2S. The maximum absolute atomic E-state index is 8.53. The Bertz CT molecular complexity index is 778. The summed E-state index contributed by atoms with van der Waals surface area (Å²) in [5.74, 6) is 1.41. The molecule has 2 aromatic rings. The standard InChI is InChI=1S/C18H18N2O2S/c1-11(19)17(18(20)12-2-5-14(23)6-3-12)13-4-7-15-16(10-13)22-9-8-21-15/h2-7,10,20,23H,8-9,19H2,1H3/b17-11-,20-18?. The van der Waals surface area contributed by atoms with Gasteiger partial charge >= 0.3 is 0 Å². The van der Waals surface area contributed by atoms with Gasteiger partial charge in [0.1, 0.15) is 13.2 Å². The van der Waals surface area contributed by atoms with E-state index in [0.29, 0.717) is 35.9 Å². The van der Waals surface area contributed by atoms with Gasteiger partial charge in [-0.25, -0.2) is 0 Å². The van der Waals surface area contributed by atoms with Gasteiger partial charge in [0.15, 0.2) is 11.5 Å². The van der Waals surface area contributed by atoms with Gasteiger partial charge in [0.05, 0.1) is 5.71 Å². The lowest BCUT2D eigenvalue weighted by Gasteiger charge is -2.20. The molecule has 3 N–H and O–H groups in total. The van der Waals surface area contributed by atoms with Crippen molar-refractivity contribution in [2.24, 2.45) is 5.73 Å². The molecule has 0 fully saturated rings. The highest BCUT2D eigenvalue weighted by Crippen LogP contribution is 2.34. The molecule has 23 heavy (non-hydrogen) atoms. The molecule has 0 spiro atoms. The summed E-state index contributed by atoms with van der Waals surface area (Å²) in [5.41, 5.74) is 9.34. The Balaban J connectivity index is 2.01. The Labute approximate surface area is 140 Å². The highest BCUT2D eigenvalue weighted by molar-refractivity contribution is 7.80. The maximum Gasteiger partial charge on any atom is 0.161 e. The van der Waals surface area contributed by atoms with Crippen molar-refractivity contribution in [3.05, 3.63) is 59.3 Å². The monoisotopic (exact) mass is 326 g/mol. The predicted molar refractivity (Wildman–Crippen MR) is 94.7 cm³/mol. The number of hydrogen-bond donors (Lipinski definition) is 3. The van der Waals surface area contributed by atoms with E-state index in [1.165, 1.54) is 0 Å². The SMILES string of the molecule is C/C(N)=C(/C(=N)c1ccc(S)cc1)c1ccc2c(c1)OCCO2. The van der Waals surface area contributed by atoms with Crippen LogP contribution >= 0.6 is 12.6 Å². The summed E-state index contributed by atoms with van der Waals surface area (Å²) in [6.07, 6.45) is 0. The molecule has 4 nitrogen and oxygen atoms in total. The third-order valence-electron chi connectivity index (χ3n) is 3.63. The van der Waals surface area contributed by atoms with Crippen molar-refractivity contribution in [1.29, 1.82) is 5.41 Å². The molecule has 2 aromatic carbocycles. The molecular weight excluding hydrogens is 308 g/mol. The van der Waals surface area contributed by atoms with E-state index < -0.39 is 0 Å². The summed E-state index contributed by atoms with van der Waals surface area (Å²) in [6.45, 7) is 2.88. The third kappa shape index (κ3) is 3.19. The van der Waals surface area contributed by atoms with Gasteiger partial charge in [-0.2, -0.15) is 0 Å². The van der Waals surface area contributed by atoms with Crippen LogP contribution in [0, 0.1) is 5.41 Å². The van der Waals surface area contributed by atoms with Crippen LogP contribution in [-0.4, -0.2) is 18.9 Å². The molecule has 1 aliphatic rings. The zero-order valence-corrected chi connectivity index (χ0v) is 13.7. The average molecular weight is 326 g/mol. The molecule has 0 bridgehead atoms. The predicted octanol–water partition coefficient (Wildman–Crippen LogP) is 3.50. The number of nitrogens with two attached hydrogens (primary N) is 1. The van der Waals surface area contributed by atoms with E-state index in [1.54, 1.807) is 6.92 Å². The molecule has 1 heterocycles. The van der Waals surface area contributed by atoms with Gasteiger partial charge in [0.25, 0.3) is 0 Å². The molecule has 0 aromatic heterocycles. The van der Waals surface area contributed by atoms with Crippen molar-refractivity contribution >= 4 is 23.9 Å². The van der Waals surface area contributed by atoms with E-state index in [-0.39, 0.29) is 0 Å². The smallest absolute Gasteiger partial charge is 0.161 e. The Kier molecular flexibility index (Phi) is 4.30. The largest absolute Gasteiger partial charge is 0.486 e. The van der Waals surface area contributed by atoms with Crippen LogP contribution in [0.2, 0.25) is 0 Å². The van der Waals surface area contributed by atoms with Gasteiger partial charge < -0.3 is 15.2 Å². The number of benzene rings is 2. The van der Waals surface area contributed by atoms with Gasteiger partial charge in [-0.05, 0) is 36.8 Å². The Morgan fingerprint density at radius 1 is 1.00 bits per heavy atom. The number of fused-ring (bicyclic) bond motifs is 1. The highest BCUT2D eigenvalue weighted by Gasteiger charge is 2.17. The van der Waals surface area contributed by atoms with Gasteiger partial charge in [0, 0.05) is 21.7 Å². The molecule has 1 aliphatic heterocycles. The summed E-state index contributed by atoms with van der Waals surface area (Å²) in [6, 6.07) is 13.1. The fraction of sp³-hybridized carbons (Fsp3) is 0.167. The molecule has 0 saturated carbocycles. The average Bonchev–Trinajstić information content (AvgIpc) is 2.55. The molecule has 0 amide bonds. The van der Waals surface area contributed by atoms with Crippen LogP contribution in [0.15, 0.2) is 53.1 Å². The lowest BCUT2D eigenvalue weighted by molar-refractivity contribution is 0.171. The van der Waals surface area contributed by atoms with Gasteiger partial charge in [-0.1, -0.05) is 18.2 Å². The van der Waals surface area contributed by atoms with Crippen LogP contribution in [0.25, 0.3) is 5.57 Å². The van der Waals surface area contributed by atoms with Gasteiger partial charge in [0.2, 0.25) is 0 Å². The first-order chi connectivity index (χ1) is 11.1. The number of thiol groups is 1. The van der Waals surface area contributed by atoms with Crippen molar-refractivity contribution < 1.29 is 9.47 Å². The first kappa shape index (κ1) is 15.5. The van der Waals surface area contributed by atoms with E-state index >= 15 is 0 Å². The minimum atomic E-state index is 0.370. The normalized spacial score (nSPS) is 14.2. The van der Waals surface area contributed by atoms with E-state index in [0.717, 1.165) is 21.8 Å². The number of rotatable bonds is 3. The van der Waals surface area contributed by atoms with Crippen LogP contribution in [-0.2, 0) is 0 Å². The number of ether oxygens (including phenoxy) is 2. The van der Waals surface area contributed by atoms with E-state index in [1.807, 2.05) is 42.5 Å². The second-order valence-corrected chi connectivity index (χ2v) is 5.85. The lowest BCUT2D eigenvalue weighted by Crippen LogP contribution is -2.16. The van der Waals surface area contributed by atoms with Crippen LogP contribution in [0.1, 0.15) is 18.1 Å². The zero-order chi connectivity index (χ0) is 16.4. The number of nitrogens with one attached hydrogen (secondary N) is 1. The summed E-state index contributed by atoms with van der Waals surface area (Å²) < 4.78 is 11.2. The summed E-state index contributed by atoms with van der Waals surface area (Å²) in [5, 5.41) is 8.53. The van der Waals surface area contributed by atoms with E-state index in [2.05, 4.69) is 12.6 Å². The second kappa shape index (κ2) is 6.38. The van der Waals surface area contributed by atoms with Crippen molar-refractivity contribution in [1.82, 2.24) is 0 Å². The third-order valence-corrected chi connectivity index (χ3v) is 3.93. The summed E-state index contributed by atoms with van der Waals surface area (Å²) >= 11 is 4.28. The van der Waals surface area contributed by atoms with Crippen molar-refractivity contribution in [3.63, 3.8) is 0 Å². The van der Waals surface area contributed by atoms with E-state index in [4.69, 9.17) is 20.6 Å². The summed E-state index contributed by atoms with van der Waals surface area (Å²) in [4.78, 5) is 0.857. The second-order valence-electron chi connectivity index (χ2n) is 5.34. The first-order valence-electron chi connectivity index (χ1n) is 7.31. The first-order valence-corrected chi connectivity index (χ1v) is 7.75. The van der Waals surface area contributed by atoms with Gasteiger partial charge in [-0.3, -0.25) is 5.41 Å². The van der Waals surface area contributed by atoms with Crippen LogP contribution in [0.3, 0.4) is 0 Å². The van der Waals surface area contributed by atoms with Crippen LogP contribution in [0.4, 0.5) is 0 Å². The molecule has 118 valence electrons. The van der Waals surface area contributed by atoms with Crippen molar-refractivity contribution in [3.8, 4) is 11.5 Å². The zero-order valence-electron chi connectivity index (χ0n) is 12.8. The minimum Gasteiger partial charge on any atom is -0.486 e. The topological polar surface area (TPSA) is 68.3 Å². The maximum atomic E-state index is 8.53. The van der Waals surface area contributed by atoms with Crippen LogP contribution < -0.4 is 15.2 Å². The van der Waals surface area contributed by atoms with Gasteiger partial charge in [-0.15, -0.1) is 12.6 Å². The molecule has 0 atom stereocenters. The highest BCUT2D eigenvalue weighted by atomic mass is 32.1. The van der Waals surface area contributed by atoms with E-state index in [9.17, 15) is 0 Å². The Hall–Kier alpha value is -2.40. The fourth-order valence-electron chi connectivity index (χ4n) is 2.54. The lowest BCUT2D eigenvalue weighted by atomic mass is 9.94. The fourth-order valence-corrected chi connectivity index (χ4v) is 2.69. The molecule has 0 radical (unpaired) electrons.